The molecule has 0 atom stereocenters. The second-order valence-electron chi connectivity index (χ2n) is 7.16. The lowest BCUT2D eigenvalue weighted by Crippen LogP contribution is -2.33. The molecule has 0 radical (unpaired) electrons. The predicted molar refractivity (Wildman–Crippen MR) is 124 cm³/mol. The van der Waals surface area contributed by atoms with Crippen molar-refractivity contribution < 1.29 is 23.7 Å². The summed E-state index contributed by atoms with van der Waals surface area (Å²) in [5.41, 5.74) is 6.00. The molecule has 0 aliphatic heterocycles. The van der Waals surface area contributed by atoms with Gasteiger partial charge in [-0.15, -0.1) is 10.1 Å². The minimum absolute atomic E-state index is 0.339. The van der Waals surface area contributed by atoms with Gasteiger partial charge in [0.25, 0.3) is 5.91 Å². The number of hydrogen-bond donors (Lipinski definition) is 2. The summed E-state index contributed by atoms with van der Waals surface area (Å²) < 4.78 is 12.1. The lowest BCUT2D eigenvalue weighted by molar-refractivity contribution is -0.539. The Morgan fingerprint density at radius 1 is 0.875 bits per heavy atom. The molecule has 0 saturated carbocycles. The van der Waals surface area contributed by atoms with Gasteiger partial charge in [0.15, 0.2) is 18.5 Å². The number of carbonyl (C=O) groups is 2. The molecule has 0 bridgehead atoms. The van der Waals surface area contributed by atoms with E-state index in [2.05, 4.69) is 10.7 Å². The zero-order valence-electron chi connectivity index (χ0n) is 18.5. The summed E-state index contributed by atoms with van der Waals surface area (Å²) >= 11 is 0. The first-order valence-electron chi connectivity index (χ1n) is 9.99. The molecule has 0 heterocycles. The third-order valence-corrected chi connectivity index (χ3v) is 4.73. The molecule has 0 fully saturated rings. The molecule has 7 heteroatoms. The van der Waals surface area contributed by atoms with Crippen LogP contribution in [0.25, 0.3) is 0 Å². The van der Waals surface area contributed by atoms with Crippen LogP contribution in [0.3, 0.4) is 0 Å². The second kappa shape index (κ2) is 10.3. The maximum atomic E-state index is 12.9. The minimum atomic E-state index is -0.370. The van der Waals surface area contributed by atoms with Gasteiger partial charge in [-0.2, -0.15) is 0 Å². The zero-order chi connectivity index (χ0) is 23.1. The minimum Gasteiger partial charge on any atom is -0.493 e. The van der Waals surface area contributed by atoms with Crippen LogP contribution < -0.4 is 20.2 Å². The van der Waals surface area contributed by atoms with Gasteiger partial charge in [0.2, 0.25) is 6.21 Å². The number of aryl methyl sites for hydroxylation is 1. The molecule has 2 N–H and O–H groups in total. The van der Waals surface area contributed by atoms with E-state index in [-0.39, 0.29) is 11.8 Å². The van der Waals surface area contributed by atoms with Crippen molar-refractivity contribution in [3.05, 3.63) is 89.0 Å². The van der Waals surface area contributed by atoms with Crippen molar-refractivity contribution in [1.29, 1.82) is 0 Å². The van der Waals surface area contributed by atoms with Crippen LogP contribution in [-0.2, 0) is 0 Å². The highest BCUT2D eigenvalue weighted by Crippen LogP contribution is 2.28. The third-order valence-electron chi connectivity index (χ3n) is 4.73. The Morgan fingerprint density at radius 3 is 2.34 bits per heavy atom. The van der Waals surface area contributed by atoms with E-state index >= 15 is 0 Å². The Labute approximate surface area is 187 Å². The SMILES string of the molecule is COc1ccc(C(=O)Nc2ccccc2C(=O)N[N+](C)=Cc2cccc(C)c2)cc1OC. The van der Waals surface area contributed by atoms with Gasteiger partial charge < -0.3 is 14.8 Å². The second-order valence-corrected chi connectivity index (χ2v) is 7.16. The first-order chi connectivity index (χ1) is 15.4. The monoisotopic (exact) mass is 432 g/mol. The smallest absolute Gasteiger partial charge is 0.307 e. The van der Waals surface area contributed by atoms with Gasteiger partial charge in [-0.1, -0.05) is 29.8 Å². The lowest BCUT2D eigenvalue weighted by Gasteiger charge is -2.12. The van der Waals surface area contributed by atoms with E-state index < -0.39 is 0 Å². The normalized spacial score (nSPS) is 10.9. The molecule has 7 nitrogen and oxygen atoms in total. The molecule has 164 valence electrons. The average molecular weight is 433 g/mol. The van der Waals surface area contributed by atoms with Crippen molar-refractivity contribution in [1.82, 2.24) is 5.43 Å². The zero-order valence-corrected chi connectivity index (χ0v) is 18.5. The van der Waals surface area contributed by atoms with Gasteiger partial charge in [-0.25, -0.2) is 0 Å². The number of nitrogens with zero attached hydrogens (tertiary/aromatic N) is 1. The number of hydrogen-bond acceptors (Lipinski definition) is 4. The van der Waals surface area contributed by atoms with Crippen LogP contribution >= 0.6 is 0 Å². The van der Waals surface area contributed by atoms with Crippen LogP contribution in [-0.4, -0.2) is 44.0 Å². The lowest BCUT2D eigenvalue weighted by atomic mass is 10.1. The first kappa shape index (κ1) is 22.6. The maximum Gasteiger partial charge on any atom is 0.307 e. The quantitative estimate of drug-likeness (QED) is 0.339. The molecular weight excluding hydrogens is 406 g/mol. The Balaban J connectivity index is 1.78. The number of anilines is 1. The maximum absolute atomic E-state index is 12.9. The highest BCUT2D eigenvalue weighted by atomic mass is 16.5. The van der Waals surface area contributed by atoms with Gasteiger partial charge in [0.05, 0.1) is 25.5 Å². The molecule has 0 saturated heterocycles. The van der Waals surface area contributed by atoms with E-state index in [1.165, 1.54) is 14.2 Å². The Hall–Kier alpha value is -4.13. The molecule has 3 aromatic rings. The summed E-state index contributed by atoms with van der Waals surface area (Å²) in [6.07, 6.45) is 1.82. The van der Waals surface area contributed by atoms with Crippen molar-refractivity contribution in [3.63, 3.8) is 0 Å². The van der Waals surface area contributed by atoms with Crippen LogP contribution in [0.4, 0.5) is 5.69 Å². The number of hydrazone groups is 1. The van der Waals surface area contributed by atoms with Gasteiger partial charge >= 0.3 is 5.91 Å². The molecule has 32 heavy (non-hydrogen) atoms. The summed E-state index contributed by atoms with van der Waals surface area (Å²) in [5, 5.41) is 2.80. The number of benzene rings is 3. The number of amides is 2. The van der Waals surface area contributed by atoms with Crippen molar-refractivity contribution >= 4 is 23.7 Å². The molecule has 3 rings (SSSR count). The Bertz CT molecular complexity index is 1170. The standard InChI is InChI=1S/C25H25N3O4/c1-17-8-7-9-18(14-17)16-28(2)27-25(30)20-10-5-6-11-21(20)26-24(29)19-12-13-22(31-3)23(15-19)32-4/h5-16H,1-4H3,(H-,26,27,29,30)/p+1. The van der Waals surface area contributed by atoms with E-state index in [0.717, 1.165) is 11.1 Å². The molecule has 0 aliphatic carbocycles. The van der Waals surface area contributed by atoms with E-state index in [1.807, 2.05) is 37.4 Å². The van der Waals surface area contributed by atoms with Gasteiger partial charge in [-0.3, -0.25) is 9.59 Å². The highest BCUT2D eigenvalue weighted by molar-refractivity contribution is 6.09. The van der Waals surface area contributed by atoms with E-state index in [1.54, 1.807) is 54.2 Å². The van der Waals surface area contributed by atoms with Crippen LogP contribution in [0.5, 0.6) is 11.5 Å². The fraction of sp³-hybridized carbons (Fsp3) is 0.160. The number of ether oxygens (including phenoxy) is 2. The number of nitrogens with one attached hydrogen (secondary N) is 2. The number of rotatable bonds is 7. The summed E-state index contributed by atoms with van der Waals surface area (Å²) in [6.45, 7) is 2.01. The van der Waals surface area contributed by atoms with Crippen molar-refractivity contribution in [2.24, 2.45) is 0 Å². The first-order valence-corrected chi connectivity index (χ1v) is 9.99. The number of para-hydroxylation sites is 1. The van der Waals surface area contributed by atoms with E-state index in [4.69, 9.17) is 9.47 Å². The molecular formula is C25H26N3O4+. The van der Waals surface area contributed by atoms with Crippen LogP contribution in [0.1, 0.15) is 31.8 Å². The van der Waals surface area contributed by atoms with Crippen molar-refractivity contribution in [2.75, 3.05) is 26.6 Å². The summed E-state index contributed by atoms with van der Waals surface area (Å²) in [5.74, 6) is 0.252. The predicted octanol–water partition coefficient (Wildman–Crippen LogP) is 3.67. The van der Waals surface area contributed by atoms with E-state index in [0.29, 0.717) is 28.3 Å². The number of hydrazine groups is 1. The van der Waals surface area contributed by atoms with Gasteiger partial charge in [0, 0.05) is 11.1 Å². The molecule has 0 aliphatic rings. The topological polar surface area (TPSA) is 79.7 Å². The fourth-order valence-electron chi connectivity index (χ4n) is 3.19. The van der Waals surface area contributed by atoms with Crippen LogP contribution in [0.2, 0.25) is 0 Å². The van der Waals surface area contributed by atoms with Crippen molar-refractivity contribution in [2.45, 2.75) is 6.92 Å². The third kappa shape index (κ3) is 5.51. The molecule has 2 amide bonds. The largest absolute Gasteiger partial charge is 0.493 e. The highest BCUT2D eigenvalue weighted by Gasteiger charge is 2.17. The number of methoxy groups -OCH3 is 2. The number of carbonyl (C=O) groups excluding carboxylic acids is 2. The van der Waals surface area contributed by atoms with Gasteiger partial charge in [-0.05, 0) is 49.4 Å². The Kier molecular flexibility index (Phi) is 7.23. The average Bonchev–Trinajstić information content (AvgIpc) is 2.78. The fourth-order valence-corrected chi connectivity index (χ4v) is 3.19. The van der Waals surface area contributed by atoms with Gasteiger partial charge in [0.1, 0.15) is 0 Å². The summed E-state index contributed by atoms with van der Waals surface area (Å²) in [4.78, 5) is 25.7. The molecule has 0 unspecified atom stereocenters. The van der Waals surface area contributed by atoms with E-state index in [9.17, 15) is 9.59 Å². The molecule has 3 aromatic carbocycles. The van der Waals surface area contributed by atoms with Crippen molar-refractivity contribution in [3.8, 4) is 11.5 Å². The summed E-state index contributed by atoms with van der Waals surface area (Å²) in [7, 11) is 4.77. The molecule has 0 aromatic heterocycles. The Morgan fingerprint density at radius 2 is 1.62 bits per heavy atom. The van der Waals surface area contributed by atoms with Crippen LogP contribution in [0, 0.1) is 6.92 Å². The molecule has 0 spiro atoms. The van der Waals surface area contributed by atoms with Crippen LogP contribution in [0.15, 0.2) is 66.7 Å². The summed E-state index contributed by atoms with van der Waals surface area (Å²) in [6, 6.07) is 19.6.